The number of aliphatic hydroxyl groups excluding tert-OH is 1. The van der Waals surface area contributed by atoms with Crippen LogP contribution in [0.25, 0.3) is 0 Å². The number of carbonyl (C=O) groups is 1. The number of likely N-dealkylation sites (N-methyl/N-ethyl adjacent to an activating group) is 1. The number of aryl methyl sites for hydroxylation is 1. The van der Waals surface area contributed by atoms with Gasteiger partial charge in [0.05, 0.1) is 30.8 Å². The largest absolute Gasteiger partial charge is 0.491 e. The molecule has 1 aromatic heterocycles. The summed E-state index contributed by atoms with van der Waals surface area (Å²) in [4.78, 5) is 22.1. The molecule has 9 nitrogen and oxygen atoms in total. The van der Waals surface area contributed by atoms with E-state index in [0.29, 0.717) is 24.0 Å². The van der Waals surface area contributed by atoms with E-state index in [9.17, 15) is 14.1 Å². The number of hydrogen-bond donors (Lipinski definition) is 2. The highest BCUT2D eigenvalue weighted by atomic mass is 35.5. The number of carbonyl (C=O) groups excluding carboxylic acids is 1. The van der Waals surface area contributed by atoms with Crippen molar-refractivity contribution in [2.24, 2.45) is 17.8 Å². The first-order valence-corrected chi connectivity index (χ1v) is 21.0. The summed E-state index contributed by atoms with van der Waals surface area (Å²) in [7, 11) is 2.29. The van der Waals surface area contributed by atoms with E-state index in [1.165, 1.54) is 22.3 Å². The highest BCUT2D eigenvalue weighted by Crippen LogP contribution is 2.43. The highest BCUT2D eigenvalue weighted by molar-refractivity contribution is 7.84. The Kier molecular flexibility index (Phi) is 13.4. The van der Waals surface area contributed by atoms with Crippen LogP contribution in [0.5, 0.6) is 11.6 Å². The van der Waals surface area contributed by atoms with E-state index in [1.54, 1.807) is 13.2 Å². The third-order valence-corrected chi connectivity index (χ3v) is 13.7. The normalized spacial score (nSPS) is 27.7. The predicted molar refractivity (Wildman–Crippen MR) is 213 cm³/mol. The Balaban J connectivity index is 0.000000309. The number of nitrogens with one attached hydrogen (secondary N) is 1. The second-order valence-electron chi connectivity index (χ2n) is 15.6. The van der Waals surface area contributed by atoms with Crippen LogP contribution in [0.15, 0.2) is 48.7 Å². The number of halogens is 1. The molecule has 1 amide bonds. The molecule has 1 saturated carbocycles. The molecule has 7 rings (SSSR count). The van der Waals surface area contributed by atoms with Crippen LogP contribution in [-0.2, 0) is 30.4 Å². The molecule has 1 aliphatic carbocycles. The first-order valence-electron chi connectivity index (χ1n) is 19.4. The second-order valence-corrected chi connectivity index (χ2v) is 17.6. The highest BCUT2D eigenvalue weighted by Gasteiger charge is 2.39. The number of ether oxygens (including phenoxy) is 2. The molecule has 0 saturated heterocycles. The quantitative estimate of drug-likeness (QED) is 0.285. The van der Waals surface area contributed by atoms with Gasteiger partial charge in [-0.25, -0.2) is 9.19 Å². The lowest BCUT2D eigenvalue weighted by molar-refractivity contribution is 0.00888. The molecular weight excluding hydrogens is 708 g/mol. The van der Waals surface area contributed by atoms with Crippen molar-refractivity contribution in [3.63, 3.8) is 0 Å². The Bertz CT molecular complexity index is 1760. The van der Waals surface area contributed by atoms with Gasteiger partial charge in [0.25, 0.3) is 5.91 Å². The molecule has 2 aromatic carbocycles. The molecule has 3 aromatic rings. The van der Waals surface area contributed by atoms with Crippen molar-refractivity contribution in [2.45, 2.75) is 96.0 Å². The zero-order chi connectivity index (χ0) is 37.6. The number of nitrogens with zero attached hydrogens (tertiary/aromatic N) is 3. The molecular formula is C42H57ClN4O5S. The third-order valence-electron chi connectivity index (χ3n) is 11.9. The molecule has 1 fully saturated rings. The van der Waals surface area contributed by atoms with Crippen LogP contribution >= 0.6 is 11.6 Å². The first-order chi connectivity index (χ1) is 25.5. The van der Waals surface area contributed by atoms with E-state index in [-0.39, 0.29) is 35.0 Å². The van der Waals surface area contributed by atoms with E-state index in [1.807, 2.05) is 37.4 Å². The standard InChI is InChI=1S/C32H43ClN2O4S.C10H14N2O/c1-4-6-22-15-26(33)11-13-27(22)25-18-35-17-24-9-12-28(24)30(36)8-5-7-20(2)21(3)40(38)34-32(37)23-10-14-31(39-19-25)29(35)16-23;1-12-4-3-8-6-11-10(13-2)5-9(8)7-12/h10-11,13-16,20-21,24-25,28,30,36H,4-9,12,17-19H2,1-3H3,(H,34,37);5-6H,3-4,7H2,1-2H3. The van der Waals surface area contributed by atoms with Crippen molar-refractivity contribution in [2.75, 3.05) is 45.3 Å². The van der Waals surface area contributed by atoms with Gasteiger partial charge in [0.2, 0.25) is 5.88 Å². The Morgan fingerprint density at radius 3 is 2.66 bits per heavy atom. The third kappa shape index (κ3) is 9.56. The Morgan fingerprint density at radius 2 is 1.91 bits per heavy atom. The van der Waals surface area contributed by atoms with Gasteiger partial charge in [0.1, 0.15) is 16.7 Å². The number of rotatable bonds is 4. The SMILES string of the molecule is CCCc1cc(Cl)ccc1C1COc2ccc3cc2N(C1)CC1CCC1C(O)CCCC(C)C(C)S(=O)NC3=O.COc1cc2c(cn1)CCN(C)C2. The van der Waals surface area contributed by atoms with Crippen LogP contribution in [0.2, 0.25) is 5.02 Å². The smallest absolute Gasteiger partial charge is 0.263 e. The van der Waals surface area contributed by atoms with Crippen molar-refractivity contribution in [1.29, 1.82) is 0 Å². The molecule has 0 radical (unpaired) electrons. The molecule has 3 aliphatic heterocycles. The maximum absolute atomic E-state index is 13.2. The number of hydrogen-bond acceptors (Lipinski definition) is 8. The van der Waals surface area contributed by atoms with E-state index >= 15 is 0 Å². The fraction of sp³-hybridized carbons (Fsp3) is 0.571. The Morgan fingerprint density at radius 1 is 1.08 bits per heavy atom. The minimum absolute atomic E-state index is 0.132. The molecule has 288 valence electrons. The van der Waals surface area contributed by atoms with Gasteiger partial charge in [-0.05, 0) is 123 Å². The summed E-state index contributed by atoms with van der Waals surface area (Å²) in [5, 5.41) is 11.7. The molecule has 7 atom stereocenters. The number of benzene rings is 2. The summed E-state index contributed by atoms with van der Waals surface area (Å²) < 4.78 is 27.3. The number of aliphatic hydroxyl groups is 1. The lowest BCUT2D eigenvalue weighted by Crippen LogP contribution is -2.44. The van der Waals surface area contributed by atoms with Gasteiger partial charge in [-0.15, -0.1) is 0 Å². The minimum atomic E-state index is -1.50. The molecule has 11 heteroatoms. The molecule has 2 bridgehead atoms. The molecule has 53 heavy (non-hydrogen) atoms. The molecule has 4 heterocycles. The van der Waals surface area contributed by atoms with Crippen molar-refractivity contribution in [3.8, 4) is 11.6 Å². The average molecular weight is 765 g/mol. The Labute approximate surface area is 323 Å². The summed E-state index contributed by atoms with van der Waals surface area (Å²) in [6.45, 7) is 10.4. The number of aromatic nitrogens is 1. The van der Waals surface area contributed by atoms with Crippen LogP contribution in [0.4, 0.5) is 5.69 Å². The monoisotopic (exact) mass is 764 g/mol. The summed E-state index contributed by atoms with van der Waals surface area (Å²) in [6.07, 6.45) is 9.35. The average Bonchev–Trinajstić information content (AvgIpc) is 3.31. The van der Waals surface area contributed by atoms with Gasteiger partial charge in [0, 0.05) is 54.9 Å². The van der Waals surface area contributed by atoms with Crippen LogP contribution in [0.3, 0.4) is 0 Å². The molecule has 2 N–H and O–H groups in total. The fourth-order valence-corrected chi connectivity index (χ4v) is 9.53. The number of amides is 1. The number of pyridine rings is 1. The summed E-state index contributed by atoms with van der Waals surface area (Å²) in [5.74, 6) is 2.12. The zero-order valence-electron chi connectivity index (χ0n) is 32.0. The number of methoxy groups -OCH3 is 1. The minimum Gasteiger partial charge on any atom is -0.491 e. The van der Waals surface area contributed by atoms with Crippen LogP contribution < -0.4 is 19.1 Å². The van der Waals surface area contributed by atoms with E-state index in [0.717, 1.165) is 94.0 Å². The maximum Gasteiger partial charge on any atom is 0.263 e. The van der Waals surface area contributed by atoms with Crippen LogP contribution in [0, 0.1) is 17.8 Å². The summed E-state index contributed by atoms with van der Waals surface area (Å²) in [5.41, 5.74) is 6.59. The second kappa shape index (κ2) is 18.0. The Hall–Kier alpha value is -3.18. The molecule has 7 unspecified atom stereocenters. The van der Waals surface area contributed by atoms with Gasteiger partial charge in [-0.3, -0.25) is 9.52 Å². The van der Waals surface area contributed by atoms with E-state index in [2.05, 4.69) is 52.5 Å². The van der Waals surface area contributed by atoms with Gasteiger partial charge < -0.3 is 24.4 Å². The maximum atomic E-state index is 13.2. The van der Waals surface area contributed by atoms with Gasteiger partial charge in [-0.1, -0.05) is 44.4 Å². The molecule has 0 spiro atoms. The number of anilines is 1. The predicted octanol–water partition coefficient (Wildman–Crippen LogP) is 7.34. The van der Waals surface area contributed by atoms with E-state index in [4.69, 9.17) is 21.1 Å². The molecule has 4 aliphatic rings. The van der Waals surface area contributed by atoms with Crippen molar-refractivity contribution < 1.29 is 23.6 Å². The first kappa shape index (κ1) is 39.5. The summed E-state index contributed by atoms with van der Waals surface area (Å²) >= 11 is 6.38. The van der Waals surface area contributed by atoms with Crippen molar-refractivity contribution >= 4 is 34.2 Å². The van der Waals surface area contributed by atoms with Gasteiger partial charge in [0.15, 0.2) is 0 Å². The van der Waals surface area contributed by atoms with Crippen molar-refractivity contribution in [3.05, 3.63) is 81.5 Å². The van der Waals surface area contributed by atoms with E-state index < -0.39 is 11.0 Å². The van der Waals surface area contributed by atoms with Crippen LogP contribution in [0.1, 0.15) is 97.8 Å². The van der Waals surface area contributed by atoms with Crippen LogP contribution in [-0.4, -0.2) is 76.9 Å². The number of fused-ring (bicyclic) bond motifs is 3. The van der Waals surface area contributed by atoms with Gasteiger partial charge in [-0.2, -0.15) is 0 Å². The van der Waals surface area contributed by atoms with Gasteiger partial charge >= 0.3 is 0 Å². The summed E-state index contributed by atoms with van der Waals surface area (Å²) in [6, 6.07) is 13.7. The lowest BCUT2D eigenvalue weighted by atomic mass is 9.69. The lowest BCUT2D eigenvalue weighted by Gasteiger charge is -2.43. The van der Waals surface area contributed by atoms with Crippen molar-refractivity contribution in [1.82, 2.24) is 14.6 Å². The zero-order valence-corrected chi connectivity index (χ0v) is 33.6. The topological polar surface area (TPSA) is 104 Å². The fourth-order valence-electron chi connectivity index (χ4n) is 8.29.